The molecule has 1 amide bonds. The number of aromatic nitrogens is 2. The minimum absolute atomic E-state index is 0.0886. The highest BCUT2D eigenvalue weighted by Gasteiger charge is 2.24. The number of likely N-dealkylation sites (N-methyl/N-ethyl adjacent to an activating group) is 1. The van der Waals surface area contributed by atoms with Gasteiger partial charge in [-0.05, 0) is 30.8 Å². The van der Waals surface area contributed by atoms with Crippen molar-refractivity contribution in [3.63, 3.8) is 0 Å². The van der Waals surface area contributed by atoms with Gasteiger partial charge in [0.25, 0.3) is 5.91 Å². The molecule has 0 saturated carbocycles. The summed E-state index contributed by atoms with van der Waals surface area (Å²) in [5, 5.41) is 1.91. The standard InChI is InChI=1S/C19H22N4O2S/c1-3-21-8-10-22(11-9-21)18(24)17-13-26-19-20-16(12-23(17)19)14-4-6-15(25-2)7-5-14/h4-7,12-13H,3,8-11H2,1-2H3. The van der Waals surface area contributed by atoms with Gasteiger partial charge in [0.2, 0.25) is 0 Å². The Morgan fingerprint density at radius 2 is 1.92 bits per heavy atom. The van der Waals surface area contributed by atoms with E-state index in [-0.39, 0.29) is 5.91 Å². The summed E-state index contributed by atoms with van der Waals surface area (Å²) in [4.78, 5) is 22.8. The molecule has 0 spiro atoms. The van der Waals surface area contributed by atoms with Crippen molar-refractivity contribution < 1.29 is 9.53 Å². The highest BCUT2D eigenvalue weighted by Crippen LogP contribution is 2.26. The van der Waals surface area contributed by atoms with E-state index in [1.54, 1.807) is 7.11 Å². The SMILES string of the molecule is CCN1CCN(C(=O)c2csc3nc(-c4ccc(OC)cc4)cn23)CC1. The molecule has 1 aliphatic heterocycles. The summed E-state index contributed by atoms with van der Waals surface area (Å²) in [7, 11) is 1.65. The van der Waals surface area contributed by atoms with Gasteiger partial charge < -0.3 is 14.5 Å². The molecule has 0 unspecified atom stereocenters. The van der Waals surface area contributed by atoms with Crippen LogP contribution in [0.2, 0.25) is 0 Å². The zero-order valence-corrected chi connectivity index (χ0v) is 15.8. The van der Waals surface area contributed by atoms with Crippen molar-refractivity contribution in [2.75, 3.05) is 39.8 Å². The number of methoxy groups -OCH3 is 1. The van der Waals surface area contributed by atoms with Crippen LogP contribution in [0.25, 0.3) is 16.2 Å². The van der Waals surface area contributed by atoms with Crippen LogP contribution >= 0.6 is 11.3 Å². The fourth-order valence-corrected chi connectivity index (χ4v) is 4.11. The molecule has 0 aliphatic carbocycles. The molecule has 1 saturated heterocycles. The van der Waals surface area contributed by atoms with Crippen LogP contribution in [0.1, 0.15) is 17.4 Å². The van der Waals surface area contributed by atoms with Gasteiger partial charge in [0.05, 0.1) is 12.8 Å². The minimum atomic E-state index is 0.0886. The largest absolute Gasteiger partial charge is 0.497 e. The van der Waals surface area contributed by atoms with Gasteiger partial charge in [-0.2, -0.15) is 0 Å². The van der Waals surface area contributed by atoms with Gasteiger partial charge in [-0.15, -0.1) is 11.3 Å². The lowest BCUT2D eigenvalue weighted by atomic mass is 10.2. The van der Waals surface area contributed by atoms with Crippen LogP contribution < -0.4 is 4.74 Å². The molecular weight excluding hydrogens is 348 g/mol. The average Bonchev–Trinajstić information content (AvgIpc) is 3.28. The van der Waals surface area contributed by atoms with E-state index in [1.807, 2.05) is 45.1 Å². The molecule has 2 aromatic heterocycles. The topological polar surface area (TPSA) is 50.1 Å². The van der Waals surface area contributed by atoms with Crippen molar-refractivity contribution in [2.45, 2.75) is 6.92 Å². The number of carbonyl (C=O) groups is 1. The molecule has 6 nitrogen and oxygen atoms in total. The van der Waals surface area contributed by atoms with Gasteiger partial charge in [-0.25, -0.2) is 4.98 Å². The third-order valence-corrected chi connectivity index (χ3v) is 5.76. The lowest BCUT2D eigenvalue weighted by Crippen LogP contribution is -2.48. The van der Waals surface area contributed by atoms with Crippen LogP contribution in [0.15, 0.2) is 35.8 Å². The summed E-state index contributed by atoms with van der Waals surface area (Å²) in [6.07, 6.45) is 1.95. The summed E-state index contributed by atoms with van der Waals surface area (Å²) >= 11 is 1.50. The minimum Gasteiger partial charge on any atom is -0.497 e. The second-order valence-corrected chi connectivity index (χ2v) is 7.19. The molecule has 4 rings (SSSR count). The maximum atomic E-state index is 12.9. The van der Waals surface area contributed by atoms with Crippen molar-refractivity contribution in [1.82, 2.24) is 19.2 Å². The third-order valence-electron chi connectivity index (χ3n) is 4.92. The van der Waals surface area contributed by atoms with Gasteiger partial charge >= 0.3 is 0 Å². The molecule has 1 fully saturated rings. The molecule has 0 N–H and O–H groups in total. The Hall–Kier alpha value is -2.38. The van der Waals surface area contributed by atoms with Crippen LogP contribution in [0.5, 0.6) is 5.75 Å². The quantitative estimate of drug-likeness (QED) is 0.709. The first-order valence-electron chi connectivity index (χ1n) is 8.82. The Bertz CT molecular complexity index is 907. The predicted octanol–water partition coefficient (Wildman–Crippen LogP) is 2.85. The number of hydrogen-bond donors (Lipinski definition) is 0. The summed E-state index contributed by atoms with van der Waals surface area (Å²) in [5.41, 5.74) is 2.57. The normalized spacial score (nSPS) is 15.5. The average molecular weight is 370 g/mol. The first-order chi connectivity index (χ1) is 12.7. The van der Waals surface area contributed by atoms with E-state index in [0.717, 1.165) is 54.7 Å². The number of benzene rings is 1. The smallest absolute Gasteiger partial charge is 0.271 e. The number of thiazole rings is 1. The number of piperazine rings is 1. The first-order valence-corrected chi connectivity index (χ1v) is 9.70. The molecule has 0 bridgehead atoms. The van der Waals surface area contributed by atoms with Crippen molar-refractivity contribution in [3.05, 3.63) is 41.5 Å². The molecular formula is C19H22N4O2S. The third kappa shape index (κ3) is 3.08. The summed E-state index contributed by atoms with van der Waals surface area (Å²) in [5.74, 6) is 0.905. The van der Waals surface area contributed by atoms with Crippen molar-refractivity contribution in [1.29, 1.82) is 0 Å². The molecule has 0 atom stereocenters. The number of hydrogen-bond acceptors (Lipinski definition) is 5. The van der Waals surface area contributed by atoms with Crippen LogP contribution in [-0.2, 0) is 0 Å². The Balaban J connectivity index is 1.58. The maximum absolute atomic E-state index is 12.9. The van der Waals surface area contributed by atoms with Crippen LogP contribution in [-0.4, -0.2) is 64.9 Å². The summed E-state index contributed by atoms with van der Waals surface area (Å²) < 4.78 is 7.12. The van der Waals surface area contributed by atoms with Crippen molar-refractivity contribution in [3.8, 4) is 17.0 Å². The molecule has 7 heteroatoms. The summed E-state index contributed by atoms with van der Waals surface area (Å²) in [6, 6.07) is 7.80. The zero-order valence-electron chi connectivity index (χ0n) is 15.0. The van der Waals surface area contributed by atoms with Crippen molar-refractivity contribution in [2.24, 2.45) is 0 Å². The Morgan fingerprint density at radius 1 is 1.19 bits per heavy atom. The molecule has 136 valence electrons. The number of rotatable bonds is 4. The predicted molar refractivity (Wildman–Crippen MR) is 103 cm³/mol. The molecule has 3 aromatic rings. The fourth-order valence-electron chi connectivity index (χ4n) is 3.27. The van der Waals surface area contributed by atoms with E-state index in [2.05, 4.69) is 16.8 Å². The Kier molecular flexibility index (Phi) is 4.65. The number of imidazole rings is 1. The summed E-state index contributed by atoms with van der Waals surface area (Å²) in [6.45, 7) is 6.64. The lowest BCUT2D eigenvalue weighted by Gasteiger charge is -2.33. The van der Waals surface area contributed by atoms with Gasteiger partial charge in [0.1, 0.15) is 11.4 Å². The highest BCUT2D eigenvalue weighted by atomic mass is 32.1. The van der Waals surface area contributed by atoms with Crippen LogP contribution in [0.4, 0.5) is 0 Å². The maximum Gasteiger partial charge on any atom is 0.271 e. The van der Waals surface area contributed by atoms with Gasteiger partial charge in [0.15, 0.2) is 4.96 Å². The Morgan fingerprint density at radius 3 is 2.58 bits per heavy atom. The number of ether oxygens (including phenoxy) is 1. The number of nitrogens with zero attached hydrogens (tertiary/aromatic N) is 4. The van der Waals surface area contributed by atoms with E-state index >= 15 is 0 Å². The van der Waals surface area contributed by atoms with Gasteiger partial charge in [-0.3, -0.25) is 9.20 Å². The fraction of sp³-hybridized carbons (Fsp3) is 0.368. The first kappa shape index (κ1) is 17.1. The molecule has 3 heterocycles. The number of fused-ring (bicyclic) bond motifs is 1. The van der Waals surface area contributed by atoms with Gasteiger partial charge in [0, 0.05) is 43.3 Å². The molecule has 1 aliphatic rings. The zero-order chi connectivity index (χ0) is 18.1. The van der Waals surface area contributed by atoms with E-state index in [1.165, 1.54) is 11.3 Å². The monoisotopic (exact) mass is 370 g/mol. The van der Waals surface area contributed by atoms with E-state index in [9.17, 15) is 4.79 Å². The number of carbonyl (C=O) groups excluding carboxylic acids is 1. The molecule has 1 aromatic carbocycles. The molecule has 0 radical (unpaired) electrons. The van der Waals surface area contributed by atoms with Crippen LogP contribution in [0, 0.1) is 0 Å². The Labute approximate surface area is 156 Å². The van der Waals surface area contributed by atoms with Gasteiger partial charge in [-0.1, -0.05) is 6.92 Å². The van der Waals surface area contributed by atoms with E-state index < -0.39 is 0 Å². The van der Waals surface area contributed by atoms with E-state index in [0.29, 0.717) is 5.69 Å². The molecule has 26 heavy (non-hydrogen) atoms. The van der Waals surface area contributed by atoms with Crippen molar-refractivity contribution >= 4 is 22.2 Å². The highest BCUT2D eigenvalue weighted by molar-refractivity contribution is 7.15. The number of amides is 1. The second kappa shape index (κ2) is 7.09. The van der Waals surface area contributed by atoms with E-state index in [4.69, 9.17) is 4.74 Å². The van der Waals surface area contributed by atoms with Crippen LogP contribution in [0.3, 0.4) is 0 Å². The lowest BCUT2D eigenvalue weighted by molar-refractivity contribution is 0.0637. The second-order valence-electron chi connectivity index (χ2n) is 6.35.